The average Bonchev–Trinajstić information content (AvgIpc) is 3.18. The van der Waals surface area contributed by atoms with Crippen LogP contribution >= 0.6 is 24.0 Å². The molecule has 0 bridgehead atoms. The second-order valence-electron chi connectivity index (χ2n) is 5.96. The lowest BCUT2D eigenvalue weighted by atomic mass is 9.87. The molecule has 1 aromatic heterocycles. The maximum absolute atomic E-state index is 13.1. The molecule has 7 nitrogen and oxygen atoms in total. The van der Waals surface area contributed by atoms with E-state index >= 15 is 0 Å². The largest absolute Gasteiger partial charge is 0.355 e. The number of halogens is 2. The van der Waals surface area contributed by atoms with Gasteiger partial charge in [0.25, 0.3) is 11.8 Å². The lowest BCUT2D eigenvalue weighted by Gasteiger charge is -2.36. The number of hydrogen-bond donors (Lipinski definition) is 3. The number of nitrogens with one attached hydrogen (secondary N) is 3. The third-order valence-corrected chi connectivity index (χ3v) is 4.82. The first-order valence-electron chi connectivity index (χ1n) is 8.11. The van der Waals surface area contributed by atoms with Gasteiger partial charge in [0.1, 0.15) is 5.54 Å². The molecule has 3 rings (SSSR count). The van der Waals surface area contributed by atoms with Crippen molar-refractivity contribution in [3.8, 4) is 0 Å². The van der Waals surface area contributed by atoms with Crippen LogP contribution in [0.15, 0.2) is 36.7 Å². The molecule has 26 heavy (non-hydrogen) atoms. The molecular formula is C17H21Cl2N5O2. The summed E-state index contributed by atoms with van der Waals surface area (Å²) in [6.07, 6.45) is 4.75. The molecule has 2 aromatic rings. The maximum Gasteiger partial charge on any atom is 0.252 e. The van der Waals surface area contributed by atoms with Crippen molar-refractivity contribution in [3.05, 3.63) is 47.2 Å². The predicted molar refractivity (Wildman–Crippen MR) is 103 cm³/mol. The van der Waals surface area contributed by atoms with Crippen molar-refractivity contribution in [1.29, 1.82) is 0 Å². The first kappa shape index (κ1) is 20.2. The second-order valence-corrected chi connectivity index (χ2v) is 6.37. The summed E-state index contributed by atoms with van der Waals surface area (Å²) in [6, 6.07) is 6.68. The van der Waals surface area contributed by atoms with Crippen molar-refractivity contribution in [3.63, 3.8) is 0 Å². The molecule has 140 valence electrons. The van der Waals surface area contributed by atoms with Crippen molar-refractivity contribution < 1.29 is 9.59 Å². The van der Waals surface area contributed by atoms with Gasteiger partial charge in [-0.15, -0.1) is 12.4 Å². The van der Waals surface area contributed by atoms with E-state index < -0.39 is 5.54 Å². The summed E-state index contributed by atoms with van der Waals surface area (Å²) in [6.45, 7) is 1.47. The van der Waals surface area contributed by atoms with E-state index in [1.165, 1.54) is 7.05 Å². The zero-order valence-corrected chi connectivity index (χ0v) is 15.9. The van der Waals surface area contributed by atoms with Crippen LogP contribution in [0.3, 0.4) is 0 Å². The molecule has 2 amide bonds. The molecule has 0 saturated carbocycles. The fourth-order valence-electron chi connectivity index (χ4n) is 3.08. The standard InChI is InChI=1S/C17H20ClN5O2.ClH/c1-19-15(24)13-11-12(3-4-14(13)18)22-16(25)17(5-8-20-9-6-17)23-10-2-7-21-23;/h2-4,7,10-11,20H,5-6,8-9H2,1H3,(H,19,24)(H,22,25);1H. The molecule has 1 fully saturated rings. The van der Waals surface area contributed by atoms with Gasteiger partial charge in [-0.3, -0.25) is 14.3 Å². The third-order valence-electron chi connectivity index (χ3n) is 4.49. The van der Waals surface area contributed by atoms with Gasteiger partial charge < -0.3 is 16.0 Å². The highest BCUT2D eigenvalue weighted by molar-refractivity contribution is 6.34. The van der Waals surface area contributed by atoms with Gasteiger partial charge in [-0.2, -0.15) is 5.10 Å². The van der Waals surface area contributed by atoms with Crippen LogP contribution in [-0.4, -0.2) is 41.7 Å². The lowest BCUT2D eigenvalue weighted by Crippen LogP contribution is -2.52. The van der Waals surface area contributed by atoms with Crippen molar-refractivity contribution in [2.45, 2.75) is 18.4 Å². The van der Waals surface area contributed by atoms with Crippen LogP contribution < -0.4 is 16.0 Å². The molecule has 0 aliphatic carbocycles. The van der Waals surface area contributed by atoms with E-state index in [2.05, 4.69) is 21.0 Å². The SMILES string of the molecule is CNC(=O)c1cc(NC(=O)C2(n3cccn3)CCNCC2)ccc1Cl.Cl. The molecule has 0 spiro atoms. The van der Waals surface area contributed by atoms with Crippen molar-refractivity contribution >= 4 is 41.5 Å². The smallest absolute Gasteiger partial charge is 0.252 e. The topological polar surface area (TPSA) is 88.1 Å². The van der Waals surface area contributed by atoms with Gasteiger partial charge in [0.05, 0.1) is 10.6 Å². The van der Waals surface area contributed by atoms with E-state index in [4.69, 9.17) is 11.6 Å². The monoisotopic (exact) mass is 397 g/mol. The summed E-state index contributed by atoms with van der Waals surface area (Å²) >= 11 is 6.07. The van der Waals surface area contributed by atoms with Crippen molar-refractivity contribution in [2.75, 3.05) is 25.5 Å². The predicted octanol–water partition coefficient (Wildman–Crippen LogP) is 2.04. The second kappa shape index (κ2) is 8.53. The number of amides is 2. The number of carbonyl (C=O) groups is 2. The summed E-state index contributed by atoms with van der Waals surface area (Å²) in [4.78, 5) is 25.0. The van der Waals surface area contributed by atoms with E-state index in [1.807, 2.05) is 12.3 Å². The van der Waals surface area contributed by atoms with Crippen LogP contribution in [0.2, 0.25) is 5.02 Å². The fraction of sp³-hybridized carbons (Fsp3) is 0.353. The van der Waals surface area contributed by atoms with E-state index in [0.29, 0.717) is 29.1 Å². The number of benzene rings is 1. The van der Waals surface area contributed by atoms with Crippen LogP contribution in [0.25, 0.3) is 0 Å². The Morgan fingerprint density at radius 1 is 1.31 bits per heavy atom. The van der Waals surface area contributed by atoms with Crippen LogP contribution in [0.5, 0.6) is 0 Å². The molecule has 1 aromatic carbocycles. The first-order valence-corrected chi connectivity index (χ1v) is 8.48. The molecule has 0 atom stereocenters. The van der Waals surface area contributed by atoms with Gasteiger partial charge in [-0.25, -0.2) is 0 Å². The van der Waals surface area contributed by atoms with Crippen molar-refractivity contribution in [2.24, 2.45) is 0 Å². The van der Waals surface area contributed by atoms with E-state index in [9.17, 15) is 9.59 Å². The molecular weight excluding hydrogens is 377 g/mol. The first-order chi connectivity index (χ1) is 12.1. The van der Waals surface area contributed by atoms with Gasteiger partial charge in [0, 0.05) is 25.1 Å². The summed E-state index contributed by atoms with van der Waals surface area (Å²) in [5.41, 5.74) is 0.0974. The van der Waals surface area contributed by atoms with Gasteiger partial charge in [0.15, 0.2) is 0 Å². The van der Waals surface area contributed by atoms with E-state index in [-0.39, 0.29) is 24.2 Å². The zero-order chi connectivity index (χ0) is 17.9. The number of aromatic nitrogens is 2. The molecule has 2 heterocycles. The quantitative estimate of drug-likeness (QED) is 0.736. The zero-order valence-electron chi connectivity index (χ0n) is 14.3. The molecule has 1 aliphatic rings. The Morgan fingerprint density at radius 3 is 2.65 bits per heavy atom. The lowest BCUT2D eigenvalue weighted by molar-refractivity contribution is -0.126. The highest BCUT2D eigenvalue weighted by Crippen LogP contribution is 2.29. The highest BCUT2D eigenvalue weighted by atomic mass is 35.5. The summed E-state index contributed by atoms with van der Waals surface area (Å²) in [5.74, 6) is -0.451. The Morgan fingerprint density at radius 2 is 2.04 bits per heavy atom. The van der Waals surface area contributed by atoms with Crippen molar-refractivity contribution in [1.82, 2.24) is 20.4 Å². The number of piperidine rings is 1. The minimum atomic E-state index is -0.748. The third kappa shape index (κ3) is 3.85. The number of rotatable bonds is 4. The molecule has 9 heteroatoms. The Bertz CT molecular complexity index is 773. The van der Waals surface area contributed by atoms with Gasteiger partial charge in [-0.1, -0.05) is 11.6 Å². The number of hydrogen-bond acceptors (Lipinski definition) is 4. The van der Waals surface area contributed by atoms with Crippen LogP contribution in [-0.2, 0) is 10.3 Å². The van der Waals surface area contributed by atoms with Gasteiger partial charge in [0.2, 0.25) is 0 Å². The van der Waals surface area contributed by atoms with Gasteiger partial charge in [-0.05, 0) is 50.2 Å². The fourth-order valence-corrected chi connectivity index (χ4v) is 3.29. The van der Waals surface area contributed by atoms with Crippen LogP contribution in [0.1, 0.15) is 23.2 Å². The van der Waals surface area contributed by atoms with Crippen LogP contribution in [0, 0.1) is 0 Å². The summed E-state index contributed by atoms with van der Waals surface area (Å²) < 4.78 is 1.72. The number of nitrogens with zero attached hydrogens (tertiary/aromatic N) is 2. The molecule has 0 unspecified atom stereocenters. The Hall–Kier alpha value is -2.09. The Labute approximate surface area is 162 Å². The van der Waals surface area contributed by atoms with E-state index in [0.717, 1.165) is 13.1 Å². The van der Waals surface area contributed by atoms with Gasteiger partial charge >= 0.3 is 0 Å². The summed E-state index contributed by atoms with van der Waals surface area (Å²) in [7, 11) is 1.53. The Balaban J connectivity index is 0.00000243. The molecule has 3 N–H and O–H groups in total. The minimum absolute atomic E-state index is 0. The highest BCUT2D eigenvalue weighted by Gasteiger charge is 2.42. The minimum Gasteiger partial charge on any atom is -0.355 e. The Kier molecular flexibility index (Phi) is 6.63. The average molecular weight is 398 g/mol. The normalized spacial score (nSPS) is 15.6. The number of anilines is 1. The molecule has 0 radical (unpaired) electrons. The molecule has 1 aliphatic heterocycles. The van der Waals surface area contributed by atoms with E-state index in [1.54, 1.807) is 29.1 Å². The molecule has 1 saturated heterocycles. The van der Waals surface area contributed by atoms with Crippen LogP contribution in [0.4, 0.5) is 5.69 Å². The number of carbonyl (C=O) groups excluding carboxylic acids is 2. The summed E-state index contributed by atoms with van der Waals surface area (Å²) in [5, 5.41) is 13.4. The maximum atomic E-state index is 13.1.